The van der Waals surface area contributed by atoms with Crippen molar-refractivity contribution in [2.24, 2.45) is 0 Å². The summed E-state index contributed by atoms with van der Waals surface area (Å²) in [5, 5.41) is 10.2. The van der Waals surface area contributed by atoms with E-state index in [1.54, 1.807) is 23.9 Å². The van der Waals surface area contributed by atoms with Gasteiger partial charge in [-0.2, -0.15) is 0 Å². The molecule has 0 radical (unpaired) electrons. The lowest BCUT2D eigenvalue weighted by atomic mass is 10.3. The maximum absolute atomic E-state index is 9.21. The lowest BCUT2D eigenvalue weighted by molar-refractivity contribution is 0.475. The summed E-state index contributed by atoms with van der Waals surface area (Å²) >= 11 is 1.58. The zero-order valence-corrected chi connectivity index (χ0v) is 10.7. The first-order chi connectivity index (χ1) is 8.17. The smallest absolute Gasteiger partial charge is 0.126 e. The summed E-state index contributed by atoms with van der Waals surface area (Å²) < 4.78 is 0. The Balaban J connectivity index is 2.23. The average Bonchev–Trinajstić information content (AvgIpc) is 2.31. The van der Waals surface area contributed by atoms with E-state index in [9.17, 15) is 5.11 Å². The van der Waals surface area contributed by atoms with Gasteiger partial charge in [0.15, 0.2) is 0 Å². The van der Waals surface area contributed by atoms with Crippen molar-refractivity contribution >= 4 is 11.8 Å². The Morgan fingerprint density at radius 3 is 2.53 bits per heavy atom. The van der Waals surface area contributed by atoms with E-state index < -0.39 is 0 Å². The third-order valence-corrected chi connectivity index (χ3v) is 3.22. The van der Waals surface area contributed by atoms with Gasteiger partial charge in [0, 0.05) is 10.6 Å². The van der Waals surface area contributed by atoms with Crippen LogP contribution in [-0.2, 0) is 6.42 Å². The van der Waals surface area contributed by atoms with Crippen LogP contribution in [-0.4, -0.2) is 15.1 Å². The second-order valence-electron chi connectivity index (χ2n) is 3.69. The topological polar surface area (TPSA) is 46.0 Å². The molecule has 17 heavy (non-hydrogen) atoms. The molecule has 3 nitrogen and oxygen atoms in total. The minimum Gasteiger partial charge on any atom is -0.508 e. The molecule has 2 rings (SSSR count). The van der Waals surface area contributed by atoms with E-state index in [2.05, 4.69) is 16.9 Å². The molecule has 1 heterocycles. The molecule has 0 spiro atoms. The van der Waals surface area contributed by atoms with Gasteiger partial charge in [-0.15, -0.1) is 0 Å². The summed E-state index contributed by atoms with van der Waals surface area (Å²) in [6.07, 6.45) is 0.909. The van der Waals surface area contributed by atoms with E-state index in [4.69, 9.17) is 0 Å². The van der Waals surface area contributed by atoms with Gasteiger partial charge in [-0.25, -0.2) is 9.97 Å². The Labute approximate surface area is 105 Å². The molecule has 1 aromatic carbocycles. The highest BCUT2D eigenvalue weighted by Gasteiger charge is 2.03. The summed E-state index contributed by atoms with van der Waals surface area (Å²) in [7, 11) is 0. The van der Waals surface area contributed by atoms with Gasteiger partial charge in [-0.3, -0.25) is 0 Å². The van der Waals surface area contributed by atoms with Crippen molar-refractivity contribution in [3.8, 4) is 5.75 Å². The number of aromatic nitrogens is 2. The fraction of sp³-hybridized carbons (Fsp3) is 0.231. The first-order valence-electron chi connectivity index (χ1n) is 5.49. The van der Waals surface area contributed by atoms with Crippen molar-refractivity contribution in [3.05, 3.63) is 41.9 Å². The van der Waals surface area contributed by atoms with Crippen molar-refractivity contribution in [3.63, 3.8) is 0 Å². The molecule has 0 aliphatic heterocycles. The minimum absolute atomic E-state index is 0.280. The minimum atomic E-state index is 0.280. The highest BCUT2D eigenvalue weighted by atomic mass is 32.2. The average molecular weight is 246 g/mol. The molecule has 2 aromatic rings. The highest BCUT2D eigenvalue weighted by Crippen LogP contribution is 2.27. The van der Waals surface area contributed by atoms with Crippen LogP contribution in [0.1, 0.15) is 18.4 Å². The molecule has 0 bridgehead atoms. The number of benzene rings is 1. The van der Waals surface area contributed by atoms with Crippen LogP contribution < -0.4 is 0 Å². The van der Waals surface area contributed by atoms with E-state index in [-0.39, 0.29) is 5.75 Å². The highest BCUT2D eigenvalue weighted by molar-refractivity contribution is 7.99. The van der Waals surface area contributed by atoms with Crippen molar-refractivity contribution in [2.45, 2.75) is 30.2 Å². The van der Waals surface area contributed by atoms with Crippen LogP contribution in [0.25, 0.3) is 0 Å². The predicted molar refractivity (Wildman–Crippen MR) is 68.4 cm³/mol. The Hall–Kier alpha value is -1.55. The van der Waals surface area contributed by atoms with Crippen molar-refractivity contribution in [1.82, 2.24) is 9.97 Å². The Bertz CT molecular complexity index is 511. The fourth-order valence-electron chi connectivity index (χ4n) is 1.47. The summed E-state index contributed by atoms with van der Waals surface area (Å²) in [5.41, 5.74) is 1.05. The van der Waals surface area contributed by atoms with E-state index in [0.717, 1.165) is 27.9 Å². The molecule has 0 fully saturated rings. The fourth-order valence-corrected chi connectivity index (χ4v) is 2.35. The van der Waals surface area contributed by atoms with Gasteiger partial charge >= 0.3 is 0 Å². The number of phenolic OH excluding ortho intramolecular Hbond substituents is 1. The summed E-state index contributed by atoms with van der Waals surface area (Å²) in [6, 6.07) is 9.12. The Kier molecular flexibility index (Phi) is 3.64. The molecule has 0 aliphatic rings. The van der Waals surface area contributed by atoms with Gasteiger partial charge in [-0.05, 0) is 43.7 Å². The van der Waals surface area contributed by atoms with E-state index in [1.165, 1.54) is 0 Å². The molecule has 1 aromatic heterocycles. The van der Waals surface area contributed by atoms with Gasteiger partial charge in [0.1, 0.15) is 16.6 Å². The number of hydrogen-bond acceptors (Lipinski definition) is 4. The molecule has 0 unspecified atom stereocenters. The lowest BCUT2D eigenvalue weighted by Crippen LogP contribution is -1.95. The van der Waals surface area contributed by atoms with Crippen LogP contribution in [0.4, 0.5) is 0 Å². The summed E-state index contributed by atoms with van der Waals surface area (Å²) in [6.45, 7) is 3.98. The standard InChI is InChI=1S/C13H14N2OS/c1-3-10-8-13(15-9(2)14-10)17-12-6-4-11(16)5-7-12/h4-8,16H,3H2,1-2H3. The number of hydrogen-bond donors (Lipinski definition) is 1. The zero-order valence-electron chi connectivity index (χ0n) is 9.84. The van der Waals surface area contributed by atoms with Crippen LogP contribution in [0.3, 0.4) is 0 Å². The second-order valence-corrected chi connectivity index (χ2v) is 4.79. The number of aryl methyl sites for hydroxylation is 2. The Morgan fingerprint density at radius 2 is 1.88 bits per heavy atom. The molecule has 0 saturated carbocycles. The second kappa shape index (κ2) is 5.19. The van der Waals surface area contributed by atoms with Crippen LogP contribution >= 0.6 is 11.8 Å². The molecule has 0 saturated heterocycles. The van der Waals surface area contributed by atoms with Crippen LogP contribution in [0.5, 0.6) is 5.75 Å². The molecular weight excluding hydrogens is 232 g/mol. The molecule has 1 N–H and O–H groups in total. The quantitative estimate of drug-likeness (QED) is 0.845. The lowest BCUT2D eigenvalue weighted by Gasteiger charge is -2.04. The normalized spacial score (nSPS) is 10.5. The monoisotopic (exact) mass is 246 g/mol. The first kappa shape index (κ1) is 11.9. The number of aromatic hydroxyl groups is 1. The summed E-state index contributed by atoms with van der Waals surface area (Å²) in [5.74, 6) is 1.08. The maximum Gasteiger partial charge on any atom is 0.126 e. The zero-order chi connectivity index (χ0) is 12.3. The van der Waals surface area contributed by atoms with Crippen LogP contribution in [0, 0.1) is 6.92 Å². The third-order valence-electron chi connectivity index (χ3n) is 2.29. The first-order valence-corrected chi connectivity index (χ1v) is 6.30. The summed E-state index contributed by atoms with van der Waals surface area (Å²) in [4.78, 5) is 9.79. The molecule has 4 heteroatoms. The molecule has 0 atom stereocenters. The van der Waals surface area contributed by atoms with Crippen molar-refractivity contribution in [2.75, 3.05) is 0 Å². The van der Waals surface area contributed by atoms with E-state index >= 15 is 0 Å². The maximum atomic E-state index is 9.21. The van der Waals surface area contributed by atoms with Crippen molar-refractivity contribution < 1.29 is 5.11 Å². The van der Waals surface area contributed by atoms with Gasteiger partial charge in [0.25, 0.3) is 0 Å². The van der Waals surface area contributed by atoms with Crippen LogP contribution in [0.2, 0.25) is 0 Å². The molecule has 88 valence electrons. The molecule has 0 amide bonds. The predicted octanol–water partition coefficient (Wildman–Crippen LogP) is 3.20. The van der Waals surface area contributed by atoms with Crippen LogP contribution in [0.15, 0.2) is 40.3 Å². The Morgan fingerprint density at radius 1 is 1.18 bits per heavy atom. The number of nitrogens with zero attached hydrogens (tertiary/aromatic N) is 2. The van der Waals surface area contributed by atoms with Gasteiger partial charge < -0.3 is 5.11 Å². The van der Waals surface area contributed by atoms with Gasteiger partial charge in [-0.1, -0.05) is 18.7 Å². The van der Waals surface area contributed by atoms with E-state index in [0.29, 0.717) is 0 Å². The van der Waals surface area contributed by atoms with Gasteiger partial charge in [0.2, 0.25) is 0 Å². The van der Waals surface area contributed by atoms with E-state index in [1.807, 2.05) is 25.1 Å². The third kappa shape index (κ3) is 3.20. The number of rotatable bonds is 3. The molecule has 0 aliphatic carbocycles. The largest absolute Gasteiger partial charge is 0.508 e. The van der Waals surface area contributed by atoms with Crippen molar-refractivity contribution in [1.29, 1.82) is 0 Å². The van der Waals surface area contributed by atoms with Gasteiger partial charge in [0.05, 0.1) is 0 Å². The number of phenols is 1. The molecular formula is C13H14N2OS. The SMILES string of the molecule is CCc1cc(Sc2ccc(O)cc2)nc(C)n1.